The molecule has 0 radical (unpaired) electrons. The zero-order chi connectivity index (χ0) is 21.5. The molecule has 1 aromatic carbocycles. The van der Waals surface area contributed by atoms with E-state index in [9.17, 15) is 13.6 Å². The Morgan fingerprint density at radius 2 is 2.00 bits per heavy atom. The first-order valence-corrected chi connectivity index (χ1v) is 10.7. The predicted octanol–water partition coefficient (Wildman–Crippen LogP) is 3.84. The van der Waals surface area contributed by atoms with E-state index in [4.69, 9.17) is 13.7 Å². The molecule has 1 unspecified atom stereocenters. The van der Waals surface area contributed by atoms with Crippen LogP contribution in [0.4, 0.5) is 4.79 Å². The van der Waals surface area contributed by atoms with Crippen molar-refractivity contribution < 1.29 is 27.2 Å². The van der Waals surface area contributed by atoms with E-state index in [-0.39, 0.29) is 22.8 Å². The summed E-state index contributed by atoms with van der Waals surface area (Å²) in [6.45, 7) is 6.65. The number of benzene rings is 1. The maximum Gasteiger partial charge on any atom is 0.410 e. The number of piperidine rings is 1. The van der Waals surface area contributed by atoms with E-state index >= 15 is 0 Å². The summed E-state index contributed by atoms with van der Waals surface area (Å²) in [5, 5.41) is 4.72. The van der Waals surface area contributed by atoms with Crippen molar-refractivity contribution in [1.29, 1.82) is 0 Å². The molecule has 3 aromatic rings. The van der Waals surface area contributed by atoms with Gasteiger partial charge in [-0.1, -0.05) is 5.16 Å². The van der Waals surface area contributed by atoms with Crippen LogP contribution in [0.1, 0.15) is 45.4 Å². The van der Waals surface area contributed by atoms with Crippen LogP contribution in [-0.4, -0.2) is 48.6 Å². The molecule has 0 spiro atoms. The highest BCUT2D eigenvalue weighted by atomic mass is 32.2. The smallest absolute Gasteiger partial charge is 0.410 e. The molecule has 2 aromatic heterocycles. The van der Waals surface area contributed by atoms with Gasteiger partial charge in [-0.15, -0.1) is 0 Å². The van der Waals surface area contributed by atoms with Crippen molar-refractivity contribution in [1.82, 2.24) is 15.0 Å². The zero-order valence-electron chi connectivity index (χ0n) is 16.9. The number of furan rings is 1. The molecular weight excluding hydrogens is 410 g/mol. The highest BCUT2D eigenvalue weighted by Gasteiger charge is 2.30. The van der Waals surface area contributed by atoms with Gasteiger partial charge in [0.1, 0.15) is 11.2 Å². The second-order valence-electron chi connectivity index (χ2n) is 8.24. The molecule has 0 saturated carbocycles. The summed E-state index contributed by atoms with van der Waals surface area (Å²) in [6.07, 6.45) is 1.10. The van der Waals surface area contributed by atoms with Crippen LogP contribution in [0.15, 0.2) is 38.1 Å². The lowest BCUT2D eigenvalue weighted by Crippen LogP contribution is -2.41. The Balaban J connectivity index is 1.44. The summed E-state index contributed by atoms with van der Waals surface area (Å²) >= 11 is -2.31. The Morgan fingerprint density at radius 1 is 1.27 bits per heavy atom. The van der Waals surface area contributed by atoms with Gasteiger partial charge in [-0.3, -0.25) is 4.21 Å². The minimum absolute atomic E-state index is 0.0695. The quantitative estimate of drug-likeness (QED) is 0.572. The number of rotatable bonds is 3. The molecule has 4 rings (SSSR count). The van der Waals surface area contributed by atoms with Crippen molar-refractivity contribution in [2.24, 2.45) is 0 Å². The number of nitrogens with zero attached hydrogens (tertiary/aromatic N) is 3. The van der Waals surface area contributed by atoms with Gasteiger partial charge >= 0.3 is 6.09 Å². The fraction of sp³-hybridized carbons (Fsp3) is 0.450. The minimum atomic E-state index is -2.31. The van der Waals surface area contributed by atoms with Gasteiger partial charge in [0.2, 0.25) is 0 Å². The van der Waals surface area contributed by atoms with Gasteiger partial charge in [0.05, 0.1) is 0 Å². The standard InChI is InChI=1S/C20H23N3O6S/c1-20(2,3)28-19(24)23-8-6-12(7-9-23)17-21-18(29-22-17)16-11-13-10-14(30(25)26)4-5-15(13)27-16/h4-5,10-12H,6-9H2,1-3H3,(H,25,26)/p-1. The molecule has 9 nitrogen and oxygen atoms in total. The van der Waals surface area contributed by atoms with E-state index in [0.29, 0.717) is 48.5 Å². The Bertz CT molecular complexity index is 1090. The number of fused-ring (bicyclic) bond motifs is 1. The summed E-state index contributed by atoms with van der Waals surface area (Å²) in [5.74, 6) is 1.25. The first kappa shape index (κ1) is 20.5. The summed E-state index contributed by atoms with van der Waals surface area (Å²) in [6, 6.07) is 6.26. The maximum atomic E-state index is 12.2. The summed E-state index contributed by atoms with van der Waals surface area (Å²) in [4.78, 5) is 18.5. The number of carbonyl (C=O) groups excluding carboxylic acids is 1. The van der Waals surface area contributed by atoms with E-state index < -0.39 is 16.7 Å². The van der Waals surface area contributed by atoms with Crippen LogP contribution in [0.2, 0.25) is 0 Å². The first-order chi connectivity index (χ1) is 14.2. The predicted molar refractivity (Wildman–Crippen MR) is 106 cm³/mol. The highest BCUT2D eigenvalue weighted by molar-refractivity contribution is 7.79. The first-order valence-electron chi connectivity index (χ1n) is 9.64. The lowest BCUT2D eigenvalue weighted by atomic mass is 9.96. The van der Waals surface area contributed by atoms with Crippen LogP contribution >= 0.6 is 0 Å². The molecule has 1 aliphatic rings. The SMILES string of the molecule is CC(C)(C)OC(=O)N1CCC(c2noc(-c3cc4cc(S(=O)[O-])ccc4o3)n2)CC1. The fourth-order valence-electron chi connectivity index (χ4n) is 3.38. The average molecular weight is 432 g/mol. The molecule has 1 atom stereocenters. The highest BCUT2D eigenvalue weighted by Crippen LogP contribution is 2.31. The van der Waals surface area contributed by atoms with Crippen LogP contribution in [0.5, 0.6) is 0 Å². The van der Waals surface area contributed by atoms with E-state index in [2.05, 4.69) is 10.1 Å². The molecule has 1 saturated heterocycles. The number of carbonyl (C=O) groups is 1. The van der Waals surface area contributed by atoms with Crippen molar-refractivity contribution >= 4 is 28.1 Å². The van der Waals surface area contributed by atoms with Crippen LogP contribution in [0, 0.1) is 0 Å². The fourth-order valence-corrected chi connectivity index (χ4v) is 3.78. The molecule has 30 heavy (non-hydrogen) atoms. The van der Waals surface area contributed by atoms with Crippen molar-refractivity contribution in [2.45, 2.75) is 50.0 Å². The van der Waals surface area contributed by atoms with Gasteiger partial charge in [-0.25, -0.2) is 4.79 Å². The number of aromatic nitrogens is 2. The summed E-state index contributed by atoms with van der Waals surface area (Å²) in [5.41, 5.74) is 0.0108. The monoisotopic (exact) mass is 432 g/mol. The van der Waals surface area contributed by atoms with Gasteiger partial charge in [-0.05, 0) is 69.0 Å². The Hall–Kier alpha value is -2.72. The van der Waals surface area contributed by atoms with Crippen LogP contribution in [0.25, 0.3) is 22.6 Å². The van der Waals surface area contributed by atoms with Crippen molar-refractivity contribution in [3.63, 3.8) is 0 Å². The second-order valence-corrected chi connectivity index (χ2v) is 9.19. The normalized spacial score (nSPS) is 16.7. The number of likely N-dealkylation sites (tertiary alicyclic amines) is 1. The zero-order valence-corrected chi connectivity index (χ0v) is 17.7. The van der Waals surface area contributed by atoms with Crippen molar-refractivity contribution in [3.8, 4) is 11.7 Å². The van der Waals surface area contributed by atoms with Crippen LogP contribution < -0.4 is 0 Å². The third kappa shape index (κ3) is 4.39. The van der Waals surface area contributed by atoms with E-state index in [1.165, 1.54) is 12.1 Å². The van der Waals surface area contributed by atoms with Crippen molar-refractivity contribution in [3.05, 3.63) is 30.1 Å². The molecule has 3 heterocycles. The molecule has 0 N–H and O–H groups in total. The third-order valence-corrected chi connectivity index (χ3v) is 5.48. The van der Waals surface area contributed by atoms with E-state index in [1.54, 1.807) is 17.0 Å². The Kier molecular flexibility index (Phi) is 5.37. The number of amides is 1. The maximum absolute atomic E-state index is 12.2. The number of hydrogen-bond donors (Lipinski definition) is 0. The van der Waals surface area contributed by atoms with Gasteiger partial charge < -0.3 is 23.1 Å². The Labute approximate surface area is 175 Å². The summed E-state index contributed by atoms with van der Waals surface area (Å²) < 4.78 is 38.8. The number of ether oxygens (including phenoxy) is 1. The molecule has 160 valence electrons. The molecule has 1 aliphatic heterocycles. The molecule has 1 amide bonds. The molecule has 10 heteroatoms. The van der Waals surface area contributed by atoms with Gasteiger partial charge in [0, 0.05) is 29.3 Å². The third-order valence-electron chi connectivity index (χ3n) is 4.84. The van der Waals surface area contributed by atoms with Crippen LogP contribution in [0.3, 0.4) is 0 Å². The lowest BCUT2D eigenvalue weighted by Gasteiger charge is -2.32. The summed E-state index contributed by atoms with van der Waals surface area (Å²) in [7, 11) is 0. The minimum Gasteiger partial charge on any atom is -0.768 e. The van der Waals surface area contributed by atoms with Crippen molar-refractivity contribution in [2.75, 3.05) is 13.1 Å². The molecule has 0 aliphatic carbocycles. The second kappa shape index (κ2) is 7.84. The Morgan fingerprint density at radius 3 is 2.67 bits per heavy atom. The van der Waals surface area contributed by atoms with E-state index in [0.717, 1.165) is 0 Å². The molecular formula is C20H22N3O6S-. The van der Waals surface area contributed by atoms with E-state index in [1.807, 2.05) is 20.8 Å². The van der Waals surface area contributed by atoms with Crippen LogP contribution in [-0.2, 0) is 15.8 Å². The lowest BCUT2D eigenvalue weighted by molar-refractivity contribution is 0.0202. The average Bonchev–Trinajstić information content (AvgIpc) is 3.33. The van der Waals surface area contributed by atoms with Gasteiger partial charge in [-0.2, -0.15) is 4.98 Å². The largest absolute Gasteiger partial charge is 0.768 e. The van der Waals surface area contributed by atoms with Gasteiger partial charge in [0.15, 0.2) is 11.6 Å². The van der Waals surface area contributed by atoms with Gasteiger partial charge in [0.25, 0.3) is 5.89 Å². The molecule has 1 fully saturated rings. The molecule has 0 bridgehead atoms. The number of hydrogen-bond acceptors (Lipinski definition) is 8. The topological polar surface area (TPSA) is 122 Å².